The molecular weight excluding hydrogens is 320 g/mol. The van der Waals surface area contributed by atoms with Crippen molar-refractivity contribution in [3.63, 3.8) is 0 Å². The number of halogens is 1. The van der Waals surface area contributed by atoms with E-state index in [-0.39, 0.29) is 0 Å². The van der Waals surface area contributed by atoms with Crippen molar-refractivity contribution in [3.8, 4) is 0 Å². The molecule has 0 radical (unpaired) electrons. The van der Waals surface area contributed by atoms with Crippen LogP contribution in [0.3, 0.4) is 0 Å². The lowest BCUT2D eigenvalue weighted by atomic mass is 10.1. The van der Waals surface area contributed by atoms with Crippen molar-refractivity contribution in [2.24, 2.45) is 0 Å². The summed E-state index contributed by atoms with van der Waals surface area (Å²) >= 11 is 3.44. The van der Waals surface area contributed by atoms with Gasteiger partial charge in [0.1, 0.15) is 0 Å². The Hall–Kier alpha value is -0.460. The van der Waals surface area contributed by atoms with E-state index in [2.05, 4.69) is 25.7 Å². The maximum Gasteiger partial charge on any atom is 0.0917 e. The van der Waals surface area contributed by atoms with Crippen molar-refractivity contribution < 1.29 is 9.84 Å². The fourth-order valence-corrected chi connectivity index (χ4v) is 2.90. The lowest BCUT2D eigenvalue weighted by molar-refractivity contribution is 0.0611. The van der Waals surface area contributed by atoms with E-state index in [9.17, 15) is 5.11 Å². The number of ether oxygens (including phenoxy) is 1. The smallest absolute Gasteiger partial charge is 0.0917 e. The van der Waals surface area contributed by atoms with Crippen LogP contribution in [0.1, 0.15) is 11.7 Å². The molecular formula is C15H23BrN2O2. The van der Waals surface area contributed by atoms with Crippen LogP contribution in [0.15, 0.2) is 28.7 Å². The zero-order chi connectivity index (χ0) is 14.4. The van der Waals surface area contributed by atoms with Gasteiger partial charge in [-0.2, -0.15) is 0 Å². The highest BCUT2D eigenvalue weighted by molar-refractivity contribution is 9.10. The van der Waals surface area contributed by atoms with Crippen molar-refractivity contribution in [2.75, 3.05) is 53.0 Å². The summed E-state index contributed by atoms with van der Waals surface area (Å²) in [4.78, 5) is 4.74. The lowest BCUT2D eigenvalue weighted by Gasteiger charge is -2.35. The molecule has 0 aliphatic carbocycles. The molecule has 4 nitrogen and oxygen atoms in total. The Balaban J connectivity index is 1.77. The van der Waals surface area contributed by atoms with Crippen molar-refractivity contribution >= 4 is 15.9 Å². The molecule has 0 spiro atoms. The Morgan fingerprint density at radius 1 is 1.25 bits per heavy atom. The van der Waals surface area contributed by atoms with E-state index in [0.29, 0.717) is 6.54 Å². The van der Waals surface area contributed by atoms with Gasteiger partial charge in [0.2, 0.25) is 0 Å². The second-order valence-electron chi connectivity index (χ2n) is 5.21. The number of hydrogen-bond acceptors (Lipinski definition) is 4. The summed E-state index contributed by atoms with van der Waals surface area (Å²) in [5.41, 5.74) is 0.973. The summed E-state index contributed by atoms with van der Waals surface area (Å²) in [7, 11) is 1.74. The molecule has 1 aliphatic heterocycles. The van der Waals surface area contributed by atoms with Crippen molar-refractivity contribution in [1.29, 1.82) is 0 Å². The van der Waals surface area contributed by atoms with Crippen LogP contribution in [0.25, 0.3) is 0 Å². The van der Waals surface area contributed by atoms with Crippen LogP contribution in [0.5, 0.6) is 0 Å². The molecule has 1 fully saturated rings. The maximum absolute atomic E-state index is 10.3. The van der Waals surface area contributed by atoms with Gasteiger partial charge in [-0.3, -0.25) is 9.80 Å². The molecule has 1 heterocycles. The number of methoxy groups -OCH3 is 1. The predicted octanol–water partition coefficient (Wildman–Crippen LogP) is 1.75. The number of piperazine rings is 1. The summed E-state index contributed by atoms with van der Waals surface area (Å²) in [5, 5.41) is 10.3. The van der Waals surface area contributed by atoms with Gasteiger partial charge in [0.05, 0.1) is 12.7 Å². The van der Waals surface area contributed by atoms with Crippen molar-refractivity contribution in [1.82, 2.24) is 9.80 Å². The molecule has 20 heavy (non-hydrogen) atoms. The molecule has 0 amide bonds. The number of rotatable bonds is 6. The Kier molecular flexibility index (Phi) is 6.45. The van der Waals surface area contributed by atoms with Gasteiger partial charge in [0.25, 0.3) is 0 Å². The fourth-order valence-electron chi connectivity index (χ4n) is 2.48. The lowest BCUT2D eigenvalue weighted by Crippen LogP contribution is -2.48. The van der Waals surface area contributed by atoms with Gasteiger partial charge < -0.3 is 9.84 Å². The number of β-amino-alcohol motifs (C(OH)–C–C–N with tert-alkyl or cyclic N) is 1. The molecule has 1 saturated heterocycles. The third-order valence-electron chi connectivity index (χ3n) is 3.74. The minimum Gasteiger partial charge on any atom is -0.387 e. The van der Waals surface area contributed by atoms with Gasteiger partial charge in [-0.05, 0) is 17.7 Å². The quantitative estimate of drug-likeness (QED) is 0.854. The van der Waals surface area contributed by atoms with Crippen LogP contribution in [0, 0.1) is 0 Å². The number of nitrogens with zero attached hydrogens (tertiary/aromatic N) is 2. The van der Waals surface area contributed by atoms with Crippen LogP contribution < -0.4 is 0 Å². The first-order valence-electron chi connectivity index (χ1n) is 7.06. The minimum absolute atomic E-state index is 0.418. The highest BCUT2D eigenvalue weighted by atomic mass is 79.9. The topological polar surface area (TPSA) is 35.9 Å². The molecule has 1 N–H and O–H groups in total. The first kappa shape index (κ1) is 15.9. The molecule has 1 atom stereocenters. The molecule has 1 aromatic rings. The zero-order valence-corrected chi connectivity index (χ0v) is 13.6. The normalized spacial score (nSPS) is 19.1. The second-order valence-corrected chi connectivity index (χ2v) is 6.12. The fraction of sp³-hybridized carbons (Fsp3) is 0.600. The summed E-state index contributed by atoms with van der Waals surface area (Å²) in [6.45, 7) is 6.61. The molecule has 112 valence electrons. The largest absolute Gasteiger partial charge is 0.387 e. The van der Waals surface area contributed by atoms with E-state index in [0.717, 1.165) is 49.4 Å². The van der Waals surface area contributed by atoms with E-state index in [1.165, 1.54) is 0 Å². The average molecular weight is 343 g/mol. The number of hydrogen-bond donors (Lipinski definition) is 1. The Morgan fingerprint density at radius 2 is 1.95 bits per heavy atom. The van der Waals surface area contributed by atoms with Crippen LogP contribution in [0.2, 0.25) is 0 Å². The number of benzene rings is 1. The summed E-state index contributed by atoms with van der Waals surface area (Å²) < 4.78 is 6.12. The minimum atomic E-state index is -0.418. The number of aliphatic hydroxyl groups excluding tert-OH is 1. The molecule has 0 bridgehead atoms. The average Bonchev–Trinajstić information content (AvgIpc) is 2.46. The van der Waals surface area contributed by atoms with Crippen molar-refractivity contribution in [2.45, 2.75) is 6.10 Å². The standard InChI is InChI=1S/C15H23BrN2O2/c1-20-10-9-17-5-7-18(8-6-17)12-15(19)13-3-2-4-14(16)11-13/h2-4,11,15,19H,5-10,12H2,1H3. The SMILES string of the molecule is COCCN1CCN(CC(O)c2cccc(Br)c2)CC1. The van der Waals surface area contributed by atoms with Crippen molar-refractivity contribution in [3.05, 3.63) is 34.3 Å². The van der Waals surface area contributed by atoms with E-state index < -0.39 is 6.10 Å². The van der Waals surface area contributed by atoms with Gasteiger partial charge in [-0.1, -0.05) is 28.1 Å². The Morgan fingerprint density at radius 3 is 2.60 bits per heavy atom. The van der Waals surface area contributed by atoms with Gasteiger partial charge >= 0.3 is 0 Å². The van der Waals surface area contributed by atoms with E-state index in [1.807, 2.05) is 24.3 Å². The summed E-state index contributed by atoms with van der Waals surface area (Å²) in [6, 6.07) is 7.90. The molecule has 0 saturated carbocycles. The third kappa shape index (κ3) is 4.82. The predicted molar refractivity (Wildman–Crippen MR) is 83.9 cm³/mol. The first-order chi connectivity index (χ1) is 9.69. The van der Waals surface area contributed by atoms with Crippen LogP contribution >= 0.6 is 15.9 Å². The molecule has 0 aromatic heterocycles. The Labute approximate surface area is 129 Å². The summed E-state index contributed by atoms with van der Waals surface area (Å²) in [5.74, 6) is 0. The highest BCUT2D eigenvalue weighted by Gasteiger charge is 2.19. The molecule has 2 rings (SSSR count). The summed E-state index contributed by atoms with van der Waals surface area (Å²) in [6.07, 6.45) is -0.418. The maximum atomic E-state index is 10.3. The monoisotopic (exact) mass is 342 g/mol. The number of aliphatic hydroxyl groups is 1. The second kappa shape index (κ2) is 8.10. The van der Waals surface area contributed by atoms with Crippen LogP contribution in [0.4, 0.5) is 0 Å². The Bertz CT molecular complexity index is 409. The van der Waals surface area contributed by atoms with E-state index in [1.54, 1.807) is 7.11 Å². The third-order valence-corrected chi connectivity index (χ3v) is 4.23. The first-order valence-corrected chi connectivity index (χ1v) is 7.85. The zero-order valence-electron chi connectivity index (χ0n) is 12.0. The van der Waals surface area contributed by atoms with Gasteiger partial charge in [0.15, 0.2) is 0 Å². The molecule has 5 heteroatoms. The van der Waals surface area contributed by atoms with Crippen LogP contribution in [-0.4, -0.2) is 67.9 Å². The van der Waals surface area contributed by atoms with Gasteiger partial charge in [-0.25, -0.2) is 0 Å². The van der Waals surface area contributed by atoms with E-state index >= 15 is 0 Å². The molecule has 1 unspecified atom stereocenters. The molecule has 1 aliphatic rings. The van der Waals surface area contributed by atoms with Gasteiger partial charge in [-0.15, -0.1) is 0 Å². The molecule has 1 aromatic carbocycles. The van der Waals surface area contributed by atoms with Crippen LogP contribution in [-0.2, 0) is 4.74 Å². The highest BCUT2D eigenvalue weighted by Crippen LogP contribution is 2.19. The van der Waals surface area contributed by atoms with Gasteiger partial charge in [0, 0.05) is 50.9 Å². The van der Waals surface area contributed by atoms with E-state index in [4.69, 9.17) is 4.74 Å².